The summed E-state index contributed by atoms with van der Waals surface area (Å²) in [4.78, 5) is 0. The topological polar surface area (TPSA) is 49.4 Å². The van der Waals surface area contributed by atoms with E-state index in [1.165, 1.54) is 14.7 Å². The van der Waals surface area contributed by atoms with E-state index in [-0.39, 0.29) is 0 Å². The monoisotopic (exact) mass is 428 g/mol. The summed E-state index contributed by atoms with van der Waals surface area (Å²) in [6, 6.07) is 2.53. The molecule has 0 bridgehead atoms. The van der Waals surface area contributed by atoms with Crippen molar-refractivity contribution in [1.29, 1.82) is 0 Å². The molecule has 4 nitrogen and oxygen atoms in total. The van der Waals surface area contributed by atoms with Crippen LogP contribution in [0.5, 0.6) is 0 Å². The summed E-state index contributed by atoms with van der Waals surface area (Å²) < 4.78 is 26.3. The van der Waals surface area contributed by atoms with Crippen molar-refractivity contribution in [3.05, 3.63) is 19.9 Å². The molecule has 0 amide bonds. The van der Waals surface area contributed by atoms with Crippen molar-refractivity contribution in [3.8, 4) is 0 Å². The molecule has 2 atom stereocenters. The molecule has 1 aliphatic heterocycles. The van der Waals surface area contributed by atoms with Gasteiger partial charge in [0.05, 0.1) is 9.14 Å². The van der Waals surface area contributed by atoms with Gasteiger partial charge in [-0.15, -0.1) is 11.3 Å². The lowest BCUT2D eigenvalue weighted by Gasteiger charge is -2.32. The summed E-state index contributed by atoms with van der Waals surface area (Å²) in [5, 5.41) is 5.56. The van der Waals surface area contributed by atoms with E-state index in [9.17, 15) is 8.42 Å². The number of piperidine rings is 1. The zero-order chi connectivity index (χ0) is 14.8. The van der Waals surface area contributed by atoms with Crippen molar-refractivity contribution in [2.24, 2.45) is 5.92 Å². The van der Waals surface area contributed by atoms with Gasteiger partial charge in [-0.25, -0.2) is 12.7 Å². The van der Waals surface area contributed by atoms with Gasteiger partial charge in [-0.3, -0.25) is 0 Å². The fraction of sp³-hybridized carbons (Fsp3) is 0.692. The van der Waals surface area contributed by atoms with Gasteiger partial charge in [-0.1, -0.05) is 0 Å². The van der Waals surface area contributed by atoms with Crippen molar-refractivity contribution < 1.29 is 8.42 Å². The molecule has 1 fully saturated rings. The molecule has 0 spiro atoms. The van der Waals surface area contributed by atoms with Gasteiger partial charge in [0, 0.05) is 19.1 Å². The van der Waals surface area contributed by atoms with Gasteiger partial charge in [-0.2, -0.15) is 0 Å². The van der Waals surface area contributed by atoms with Crippen LogP contribution in [0.4, 0.5) is 0 Å². The molecule has 1 aromatic heterocycles. The maximum Gasteiger partial charge on any atom is 0.211 e. The first-order valence-electron chi connectivity index (χ1n) is 6.76. The minimum absolute atomic E-state index is 0.319. The molecule has 2 heterocycles. The molecule has 7 heteroatoms. The van der Waals surface area contributed by atoms with Gasteiger partial charge in [0.25, 0.3) is 0 Å². The predicted molar refractivity (Wildman–Crippen MR) is 92.6 cm³/mol. The molecule has 114 valence electrons. The van der Waals surface area contributed by atoms with E-state index < -0.39 is 10.0 Å². The Morgan fingerprint density at radius 2 is 2.35 bits per heavy atom. The molecule has 1 saturated heterocycles. The lowest BCUT2D eigenvalue weighted by Crippen LogP contribution is -2.40. The lowest BCUT2D eigenvalue weighted by atomic mass is 9.90. The summed E-state index contributed by atoms with van der Waals surface area (Å²) in [5.74, 6) is 0.438. The second kappa shape index (κ2) is 7.04. The number of hydrogen-bond donors (Lipinski definition) is 1. The highest BCUT2D eigenvalue weighted by atomic mass is 127. The van der Waals surface area contributed by atoms with Crippen LogP contribution in [0.15, 0.2) is 11.4 Å². The molecular formula is C13H21IN2O2S2. The Labute approximate surface area is 139 Å². The first-order valence-corrected chi connectivity index (χ1v) is 10.6. The van der Waals surface area contributed by atoms with Crippen LogP contribution in [-0.2, 0) is 10.0 Å². The van der Waals surface area contributed by atoms with Crippen LogP contribution in [0.1, 0.15) is 30.9 Å². The Morgan fingerprint density at radius 1 is 1.60 bits per heavy atom. The van der Waals surface area contributed by atoms with Crippen LogP contribution in [0.2, 0.25) is 0 Å². The molecule has 2 rings (SSSR count). The first-order chi connectivity index (χ1) is 9.40. The van der Waals surface area contributed by atoms with E-state index in [1.54, 1.807) is 15.6 Å². The first kappa shape index (κ1) is 16.7. The van der Waals surface area contributed by atoms with E-state index in [0.717, 1.165) is 19.3 Å². The quantitative estimate of drug-likeness (QED) is 0.734. The third-order valence-corrected chi connectivity index (χ3v) is 6.94. The molecule has 1 N–H and O–H groups in total. The standard InChI is InChI=1S/C13H21IN2O2S2/c1-15-12(11-7-13(14)19-9-11)6-10-4-3-5-16(8-10)20(2,17)18/h7,9-10,12,15H,3-6,8H2,1-2H3. The predicted octanol–water partition coefficient (Wildman–Crippen LogP) is 2.67. The van der Waals surface area contributed by atoms with E-state index in [1.807, 2.05) is 7.05 Å². The number of hydrogen-bond acceptors (Lipinski definition) is 4. The molecule has 0 saturated carbocycles. The van der Waals surface area contributed by atoms with Crippen LogP contribution in [0.3, 0.4) is 0 Å². The van der Waals surface area contributed by atoms with Gasteiger partial charge in [-0.05, 0) is 71.8 Å². The Morgan fingerprint density at radius 3 is 2.90 bits per heavy atom. The second-order valence-electron chi connectivity index (χ2n) is 5.39. The largest absolute Gasteiger partial charge is 0.313 e. The summed E-state index contributed by atoms with van der Waals surface area (Å²) in [5.41, 5.74) is 1.32. The van der Waals surface area contributed by atoms with E-state index in [2.05, 4.69) is 39.4 Å². The highest BCUT2D eigenvalue weighted by Crippen LogP contribution is 2.30. The lowest BCUT2D eigenvalue weighted by molar-refractivity contribution is 0.241. The Bertz CT molecular complexity index is 544. The van der Waals surface area contributed by atoms with Crippen molar-refractivity contribution in [3.63, 3.8) is 0 Å². The Hall–Kier alpha value is 0.300. The molecule has 1 aliphatic rings. The molecule has 1 aromatic rings. The minimum Gasteiger partial charge on any atom is -0.313 e. The summed E-state index contributed by atoms with van der Waals surface area (Å²) in [6.45, 7) is 1.34. The van der Waals surface area contributed by atoms with E-state index in [0.29, 0.717) is 25.0 Å². The fourth-order valence-corrected chi connectivity index (χ4v) is 5.15. The van der Waals surface area contributed by atoms with Crippen LogP contribution < -0.4 is 5.32 Å². The summed E-state index contributed by atoms with van der Waals surface area (Å²) >= 11 is 4.09. The molecular weight excluding hydrogens is 407 g/mol. The molecule has 0 aliphatic carbocycles. The van der Waals surface area contributed by atoms with Gasteiger partial charge in [0.15, 0.2) is 0 Å². The maximum absolute atomic E-state index is 11.7. The minimum atomic E-state index is -3.05. The zero-order valence-corrected chi connectivity index (χ0v) is 15.6. The number of halogens is 1. The average Bonchev–Trinajstić information content (AvgIpc) is 2.82. The highest BCUT2D eigenvalue weighted by Gasteiger charge is 2.27. The van der Waals surface area contributed by atoms with Gasteiger partial charge in [0.2, 0.25) is 10.0 Å². The Balaban J connectivity index is 2.01. The highest BCUT2D eigenvalue weighted by molar-refractivity contribution is 14.1. The van der Waals surface area contributed by atoms with Crippen LogP contribution in [0.25, 0.3) is 0 Å². The van der Waals surface area contributed by atoms with Crippen LogP contribution >= 0.6 is 33.9 Å². The molecule has 0 aromatic carbocycles. The molecule has 20 heavy (non-hydrogen) atoms. The third-order valence-electron chi connectivity index (χ3n) is 3.86. The van der Waals surface area contributed by atoms with Crippen molar-refractivity contribution >= 4 is 44.0 Å². The number of nitrogens with one attached hydrogen (secondary N) is 1. The molecule has 0 radical (unpaired) electrons. The van der Waals surface area contributed by atoms with Crippen molar-refractivity contribution in [2.75, 3.05) is 26.4 Å². The zero-order valence-electron chi connectivity index (χ0n) is 11.8. The number of nitrogens with zero attached hydrogens (tertiary/aromatic N) is 1. The van der Waals surface area contributed by atoms with Crippen molar-refractivity contribution in [1.82, 2.24) is 9.62 Å². The summed E-state index contributed by atoms with van der Waals surface area (Å²) in [6.07, 6.45) is 4.39. The fourth-order valence-electron chi connectivity index (χ4n) is 2.78. The number of rotatable bonds is 5. The smallest absolute Gasteiger partial charge is 0.211 e. The second-order valence-corrected chi connectivity index (χ2v) is 10.2. The summed E-state index contributed by atoms with van der Waals surface area (Å²) in [7, 11) is -1.07. The average molecular weight is 428 g/mol. The molecule has 2 unspecified atom stereocenters. The SMILES string of the molecule is CNC(CC1CCCN(S(C)(=O)=O)C1)c1csc(I)c1. The Kier molecular flexibility index (Phi) is 5.87. The van der Waals surface area contributed by atoms with Crippen molar-refractivity contribution in [2.45, 2.75) is 25.3 Å². The van der Waals surface area contributed by atoms with Gasteiger partial charge >= 0.3 is 0 Å². The maximum atomic E-state index is 11.7. The van der Waals surface area contributed by atoms with E-state index >= 15 is 0 Å². The van der Waals surface area contributed by atoms with Gasteiger partial charge in [0.1, 0.15) is 0 Å². The number of thiophene rings is 1. The number of sulfonamides is 1. The third kappa shape index (κ3) is 4.40. The van der Waals surface area contributed by atoms with Gasteiger partial charge < -0.3 is 5.32 Å². The normalized spacial score (nSPS) is 22.9. The van der Waals surface area contributed by atoms with Crippen LogP contribution in [-0.4, -0.2) is 39.1 Å². The van der Waals surface area contributed by atoms with Crippen LogP contribution in [0, 0.1) is 8.80 Å². The van der Waals surface area contributed by atoms with E-state index in [4.69, 9.17) is 0 Å².